The Balaban J connectivity index is 1.71. The summed E-state index contributed by atoms with van der Waals surface area (Å²) in [5, 5.41) is 17.0. The minimum atomic E-state index is -1.52. The van der Waals surface area contributed by atoms with Gasteiger partial charge in [-0.15, -0.1) is 0 Å². The predicted octanol–water partition coefficient (Wildman–Crippen LogP) is 2.35. The maximum Gasteiger partial charge on any atom is 0.252 e. The third-order valence-corrected chi connectivity index (χ3v) is 5.87. The summed E-state index contributed by atoms with van der Waals surface area (Å²) >= 11 is 0. The topological polar surface area (TPSA) is 103 Å². The van der Waals surface area contributed by atoms with Crippen LogP contribution in [0.1, 0.15) is 30.9 Å². The average Bonchev–Trinajstić information content (AvgIpc) is 3.19. The first kappa shape index (κ1) is 20.0. The van der Waals surface area contributed by atoms with Crippen LogP contribution >= 0.6 is 0 Å². The molecule has 0 unspecified atom stereocenters. The third-order valence-electron chi connectivity index (χ3n) is 5.87. The fraction of sp³-hybridized carbons (Fsp3) is 0.304. The molecule has 4 N–H and O–H groups in total. The Kier molecular flexibility index (Phi) is 4.99. The number of fused-ring (bicyclic) bond motifs is 1. The molecule has 0 bridgehead atoms. The van der Waals surface area contributed by atoms with E-state index in [1.807, 2.05) is 48.5 Å². The number of piperidine rings is 1. The molecule has 1 aliphatic rings. The minimum Gasteiger partial charge on any atom is -0.496 e. The third kappa shape index (κ3) is 3.31. The molecule has 7 nitrogen and oxygen atoms in total. The molecule has 0 radical (unpaired) electrons. The molecule has 156 valence electrons. The van der Waals surface area contributed by atoms with Crippen molar-refractivity contribution in [1.82, 2.24) is 15.6 Å². The van der Waals surface area contributed by atoms with E-state index in [2.05, 4.69) is 15.6 Å². The standard InChI is InChI=1S/C23H25N3O4/c1-22(29)11-12-23(26-20(22)27,17-14-24-18-9-5-4-8-16(17)18)21(28)25-13-15-7-3-6-10-19(15)30-2/h3-10,14,24,29H,11-13H2,1-2H3,(H,25,28)(H,26,27)/t22-,23+/m0/s1. The molecule has 0 spiro atoms. The summed E-state index contributed by atoms with van der Waals surface area (Å²) in [7, 11) is 1.58. The van der Waals surface area contributed by atoms with Crippen LogP contribution in [0, 0.1) is 0 Å². The summed E-state index contributed by atoms with van der Waals surface area (Å²) in [5.74, 6) is -0.219. The monoisotopic (exact) mass is 407 g/mol. The molecule has 1 fully saturated rings. The van der Waals surface area contributed by atoms with Crippen LogP contribution in [0.25, 0.3) is 10.9 Å². The first-order valence-electron chi connectivity index (χ1n) is 9.89. The van der Waals surface area contributed by atoms with E-state index in [1.54, 1.807) is 13.3 Å². The van der Waals surface area contributed by atoms with Gasteiger partial charge in [0.1, 0.15) is 16.9 Å². The van der Waals surface area contributed by atoms with E-state index in [0.717, 1.165) is 16.5 Å². The van der Waals surface area contributed by atoms with Gasteiger partial charge in [0.2, 0.25) is 0 Å². The SMILES string of the molecule is COc1ccccc1CNC(=O)[C@]1(c2c[nH]c3ccccc23)CC[C@](C)(O)C(=O)N1. The summed E-state index contributed by atoms with van der Waals surface area (Å²) in [6.45, 7) is 1.72. The van der Waals surface area contributed by atoms with E-state index in [0.29, 0.717) is 11.3 Å². The number of aromatic amines is 1. The normalized spacial score (nSPS) is 23.8. The van der Waals surface area contributed by atoms with Gasteiger partial charge in [-0.3, -0.25) is 9.59 Å². The van der Waals surface area contributed by atoms with Gasteiger partial charge in [-0.1, -0.05) is 36.4 Å². The number of methoxy groups -OCH3 is 1. The fourth-order valence-corrected chi connectivity index (χ4v) is 4.03. The number of benzene rings is 2. The molecular formula is C23H25N3O4. The van der Waals surface area contributed by atoms with Gasteiger partial charge in [0.05, 0.1) is 7.11 Å². The minimum absolute atomic E-state index is 0.167. The van der Waals surface area contributed by atoms with E-state index in [-0.39, 0.29) is 25.3 Å². The molecule has 1 aliphatic heterocycles. The number of hydrogen-bond acceptors (Lipinski definition) is 4. The summed E-state index contributed by atoms with van der Waals surface area (Å²) in [4.78, 5) is 29.4. The smallest absolute Gasteiger partial charge is 0.252 e. The zero-order chi connectivity index (χ0) is 21.4. The van der Waals surface area contributed by atoms with Crippen molar-refractivity contribution in [1.29, 1.82) is 0 Å². The number of para-hydroxylation sites is 2. The summed E-state index contributed by atoms with van der Waals surface area (Å²) in [5.41, 5.74) is -0.425. The number of carbonyl (C=O) groups is 2. The van der Waals surface area contributed by atoms with Crippen LogP contribution in [0.5, 0.6) is 5.75 Å². The van der Waals surface area contributed by atoms with Gasteiger partial charge < -0.3 is 25.5 Å². The molecule has 0 saturated carbocycles. The van der Waals surface area contributed by atoms with Gasteiger partial charge in [0, 0.05) is 34.8 Å². The Morgan fingerprint density at radius 1 is 1.17 bits per heavy atom. The van der Waals surface area contributed by atoms with E-state index in [9.17, 15) is 14.7 Å². The number of hydrogen-bond donors (Lipinski definition) is 4. The fourth-order valence-electron chi connectivity index (χ4n) is 4.03. The highest BCUT2D eigenvalue weighted by Crippen LogP contribution is 2.38. The first-order chi connectivity index (χ1) is 14.4. The maximum absolute atomic E-state index is 13.5. The predicted molar refractivity (Wildman–Crippen MR) is 113 cm³/mol. The number of amides is 2. The number of H-pyrrole nitrogens is 1. The highest BCUT2D eigenvalue weighted by molar-refractivity contribution is 6.00. The molecule has 4 rings (SSSR count). The number of nitrogens with one attached hydrogen (secondary N) is 3. The van der Waals surface area contributed by atoms with Crippen LogP contribution in [0.4, 0.5) is 0 Å². The van der Waals surface area contributed by atoms with Gasteiger partial charge in [-0.25, -0.2) is 0 Å². The Morgan fingerprint density at radius 3 is 2.67 bits per heavy atom. The Morgan fingerprint density at radius 2 is 1.90 bits per heavy atom. The van der Waals surface area contributed by atoms with Gasteiger partial charge in [-0.05, 0) is 31.9 Å². The lowest BCUT2D eigenvalue weighted by molar-refractivity contribution is -0.151. The molecule has 2 amide bonds. The van der Waals surface area contributed by atoms with Crippen LogP contribution in [-0.4, -0.2) is 34.6 Å². The van der Waals surface area contributed by atoms with Crippen LogP contribution in [0.2, 0.25) is 0 Å². The number of aliphatic hydroxyl groups is 1. The van der Waals surface area contributed by atoms with Crippen molar-refractivity contribution in [2.24, 2.45) is 0 Å². The second-order valence-corrected chi connectivity index (χ2v) is 7.88. The summed E-state index contributed by atoms with van der Waals surface area (Å²) in [6, 6.07) is 15.1. The summed E-state index contributed by atoms with van der Waals surface area (Å²) < 4.78 is 5.36. The van der Waals surface area contributed by atoms with Crippen molar-refractivity contribution >= 4 is 22.7 Å². The van der Waals surface area contributed by atoms with E-state index < -0.39 is 17.0 Å². The lowest BCUT2D eigenvalue weighted by Gasteiger charge is -2.41. The van der Waals surface area contributed by atoms with Gasteiger partial charge in [0.25, 0.3) is 11.8 Å². The lowest BCUT2D eigenvalue weighted by atomic mass is 9.76. The van der Waals surface area contributed by atoms with Crippen molar-refractivity contribution in [2.75, 3.05) is 7.11 Å². The van der Waals surface area contributed by atoms with Crippen molar-refractivity contribution in [3.8, 4) is 5.75 Å². The van der Waals surface area contributed by atoms with Crippen LogP contribution in [0.15, 0.2) is 54.7 Å². The number of ether oxygens (including phenoxy) is 1. The largest absolute Gasteiger partial charge is 0.496 e. The molecule has 2 aromatic carbocycles. The molecule has 7 heteroatoms. The number of rotatable bonds is 5. The molecule has 2 atom stereocenters. The molecule has 3 aromatic rings. The van der Waals surface area contributed by atoms with Gasteiger partial charge in [0.15, 0.2) is 0 Å². The van der Waals surface area contributed by atoms with Crippen LogP contribution in [0.3, 0.4) is 0 Å². The molecule has 30 heavy (non-hydrogen) atoms. The number of carbonyl (C=O) groups excluding carboxylic acids is 2. The maximum atomic E-state index is 13.5. The molecular weight excluding hydrogens is 382 g/mol. The van der Waals surface area contributed by atoms with Crippen molar-refractivity contribution in [2.45, 2.75) is 37.5 Å². The Hall–Kier alpha value is -3.32. The van der Waals surface area contributed by atoms with Crippen molar-refractivity contribution in [3.05, 3.63) is 65.9 Å². The Bertz CT molecular complexity index is 1100. The first-order valence-corrected chi connectivity index (χ1v) is 9.89. The molecule has 1 saturated heterocycles. The highest BCUT2D eigenvalue weighted by Gasteiger charge is 2.51. The van der Waals surface area contributed by atoms with Crippen molar-refractivity contribution in [3.63, 3.8) is 0 Å². The highest BCUT2D eigenvalue weighted by atomic mass is 16.5. The second-order valence-electron chi connectivity index (χ2n) is 7.88. The average molecular weight is 407 g/mol. The van der Waals surface area contributed by atoms with Crippen LogP contribution in [-0.2, 0) is 21.7 Å². The molecule has 2 heterocycles. The zero-order valence-electron chi connectivity index (χ0n) is 17.0. The second kappa shape index (κ2) is 7.50. The Labute approximate surface area is 174 Å². The van der Waals surface area contributed by atoms with Crippen LogP contribution < -0.4 is 15.4 Å². The van der Waals surface area contributed by atoms with Gasteiger partial charge >= 0.3 is 0 Å². The van der Waals surface area contributed by atoms with E-state index in [1.165, 1.54) is 6.92 Å². The summed E-state index contributed by atoms with van der Waals surface area (Å²) in [6.07, 6.45) is 2.19. The van der Waals surface area contributed by atoms with E-state index >= 15 is 0 Å². The van der Waals surface area contributed by atoms with Gasteiger partial charge in [-0.2, -0.15) is 0 Å². The molecule has 1 aromatic heterocycles. The zero-order valence-corrected chi connectivity index (χ0v) is 17.0. The lowest BCUT2D eigenvalue weighted by Crippen LogP contribution is -2.64. The van der Waals surface area contributed by atoms with E-state index in [4.69, 9.17) is 4.74 Å². The molecule has 0 aliphatic carbocycles. The van der Waals surface area contributed by atoms with Crippen molar-refractivity contribution < 1.29 is 19.4 Å². The quantitative estimate of drug-likeness (QED) is 0.521. The number of aromatic nitrogens is 1.